The Morgan fingerprint density at radius 2 is 1.90 bits per heavy atom. The molecule has 0 aliphatic carbocycles. The van der Waals surface area contributed by atoms with Crippen molar-refractivity contribution in [2.45, 2.75) is 26.5 Å². The zero-order chi connectivity index (χ0) is 15.6. The van der Waals surface area contributed by atoms with Crippen LogP contribution in [0, 0.1) is 0 Å². The predicted molar refractivity (Wildman–Crippen MR) is 71.6 cm³/mol. The average Bonchev–Trinajstić information content (AvgIpc) is 2.84. The summed E-state index contributed by atoms with van der Waals surface area (Å²) in [5.41, 5.74) is 0.923. The minimum Gasteiger partial charge on any atom is -0.476 e. The molecule has 1 heterocycles. The molecule has 0 unspecified atom stereocenters. The van der Waals surface area contributed by atoms with E-state index in [0.29, 0.717) is 11.1 Å². The molecule has 0 saturated heterocycles. The third kappa shape index (κ3) is 3.36. The number of carboxylic acids is 1. The zero-order valence-corrected chi connectivity index (χ0v) is 11.5. The highest BCUT2D eigenvalue weighted by molar-refractivity contribution is 5.93. The van der Waals surface area contributed by atoms with Crippen molar-refractivity contribution in [3.63, 3.8) is 0 Å². The van der Waals surface area contributed by atoms with E-state index in [0.717, 1.165) is 0 Å². The van der Waals surface area contributed by atoms with Crippen LogP contribution in [0.4, 0.5) is 8.78 Å². The van der Waals surface area contributed by atoms with Crippen LogP contribution in [0.3, 0.4) is 0 Å². The fourth-order valence-corrected chi connectivity index (χ4v) is 1.84. The lowest BCUT2D eigenvalue weighted by Crippen LogP contribution is -2.04. The number of aromatic nitrogens is 2. The lowest BCUT2D eigenvalue weighted by atomic mass is 10.1. The van der Waals surface area contributed by atoms with Gasteiger partial charge in [-0.1, -0.05) is 12.1 Å². The summed E-state index contributed by atoms with van der Waals surface area (Å²) in [4.78, 5) is 11.2. The molecule has 1 aromatic carbocycles. The number of alkyl halides is 2. The first-order chi connectivity index (χ1) is 9.88. The summed E-state index contributed by atoms with van der Waals surface area (Å²) in [5, 5.41) is 13.2. The van der Waals surface area contributed by atoms with E-state index in [-0.39, 0.29) is 17.5 Å². The molecular formula is C14H14F2N2O3. The maximum Gasteiger partial charge on any atom is 0.387 e. The first kappa shape index (κ1) is 15.0. The first-order valence-electron chi connectivity index (χ1n) is 6.26. The van der Waals surface area contributed by atoms with Crippen molar-refractivity contribution in [3.05, 3.63) is 36.2 Å². The third-order valence-corrected chi connectivity index (χ3v) is 2.85. The molecular weight excluding hydrogens is 282 g/mol. The molecule has 2 rings (SSSR count). The largest absolute Gasteiger partial charge is 0.476 e. The number of rotatable bonds is 5. The molecule has 0 saturated carbocycles. The molecule has 0 aliphatic rings. The van der Waals surface area contributed by atoms with Gasteiger partial charge < -0.3 is 9.84 Å². The Kier molecular flexibility index (Phi) is 4.21. The molecule has 1 aromatic heterocycles. The topological polar surface area (TPSA) is 64.3 Å². The van der Waals surface area contributed by atoms with E-state index in [2.05, 4.69) is 9.84 Å². The quantitative estimate of drug-likeness (QED) is 0.918. The summed E-state index contributed by atoms with van der Waals surface area (Å²) >= 11 is 0. The number of halogens is 2. The van der Waals surface area contributed by atoms with Gasteiger partial charge in [0.2, 0.25) is 0 Å². The minimum atomic E-state index is -2.89. The Labute approximate surface area is 119 Å². The van der Waals surface area contributed by atoms with Crippen molar-refractivity contribution in [1.29, 1.82) is 0 Å². The van der Waals surface area contributed by atoms with E-state index < -0.39 is 12.6 Å². The summed E-state index contributed by atoms with van der Waals surface area (Å²) in [6, 6.07) is 5.77. The van der Waals surface area contributed by atoms with E-state index in [1.54, 1.807) is 10.9 Å². The van der Waals surface area contributed by atoms with Crippen LogP contribution < -0.4 is 4.74 Å². The van der Waals surface area contributed by atoms with Crippen LogP contribution in [0.15, 0.2) is 30.5 Å². The maximum atomic E-state index is 12.1. The molecule has 0 fully saturated rings. The van der Waals surface area contributed by atoms with Gasteiger partial charge in [0.15, 0.2) is 5.69 Å². The lowest BCUT2D eigenvalue weighted by molar-refractivity contribution is -0.0498. The summed E-state index contributed by atoms with van der Waals surface area (Å²) in [7, 11) is 0. The van der Waals surface area contributed by atoms with Gasteiger partial charge in [-0.05, 0) is 31.5 Å². The second-order valence-electron chi connectivity index (χ2n) is 4.67. The average molecular weight is 296 g/mol. The van der Waals surface area contributed by atoms with Crippen LogP contribution in [0.1, 0.15) is 30.4 Å². The second kappa shape index (κ2) is 5.90. The predicted octanol–water partition coefficient (Wildman–Crippen LogP) is 3.43. The smallest absolute Gasteiger partial charge is 0.387 e. The number of carboxylic acid groups (broad SMARTS) is 1. The molecule has 0 atom stereocenters. The van der Waals surface area contributed by atoms with Gasteiger partial charge in [0.05, 0.1) is 0 Å². The van der Waals surface area contributed by atoms with Gasteiger partial charge in [0.1, 0.15) is 5.75 Å². The molecule has 112 valence electrons. The highest BCUT2D eigenvalue weighted by Gasteiger charge is 2.18. The van der Waals surface area contributed by atoms with Crippen molar-refractivity contribution in [2.75, 3.05) is 0 Å². The van der Waals surface area contributed by atoms with Crippen molar-refractivity contribution in [1.82, 2.24) is 9.78 Å². The molecule has 1 N–H and O–H groups in total. The van der Waals surface area contributed by atoms with Gasteiger partial charge in [-0.25, -0.2) is 4.79 Å². The third-order valence-electron chi connectivity index (χ3n) is 2.85. The molecule has 0 aliphatic heterocycles. The summed E-state index contributed by atoms with van der Waals surface area (Å²) in [6.07, 6.45) is 1.62. The van der Waals surface area contributed by atoms with Gasteiger partial charge in [-0.15, -0.1) is 0 Å². The Morgan fingerprint density at radius 3 is 2.38 bits per heavy atom. The van der Waals surface area contributed by atoms with Crippen molar-refractivity contribution in [3.8, 4) is 16.9 Å². The monoisotopic (exact) mass is 296 g/mol. The lowest BCUT2D eigenvalue weighted by Gasteiger charge is -2.05. The number of nitrogens with zero attached hydrogens (tertiary/aromatic N) is 2. The molecule has 0 bridgehead atoms. The number of carbonyl (C=O) groups is 1. The maximum absolute atomic E-state index is 12.1. The van der Waals surface area contributed by atoms with E-state index in [1.807, 2.05) is 13.8 Å². The number of aromatic carboxylic acids is 1. The number of hydrogen-bond donors (Lipinski definition) is 1. The Bertz CT molecular complexity index is 636. The van der Waals surface area contributed by atoms with E-state index >= 15 is 0 Å². The van der Waals surface area contributed by atoms with E-state index in [1.165, 1.54) is 24.3 Å². The van der Waals surface area contributed by atoms with Crippen molar-refractivity contribution in [2.24, 2.45) is 0 Å². The van der Waals surface area contributed by atoms with Crippen LogP contribution in [-0.2, 0) is 0 Å². The molecule has 0 amide bonds. The zero-order valence-electron chi connectivity index (χ0n) is 11.5. The van der Waals surface area contributed by atoms with Crippen LogP contribution in [-0.4, -0.2) is 27.5 Å². The van der Waals surface area contributed by atoms with Crippen LogP contribution in [0.5, 0.6) is 5.75 Å². The van der Waals surface area contributed by atoms with Gasteiger partial charge >= 0.3 is 12.6 Å². The second-order valence-corrected chi connectivity index (χ2v) is 4.67. The van der Waals surface area contributed by atoms with Crippen molar-refractivity contribution >= 4 is 5.97 Å². The molecule has 0 radical (unpaired) electrons. The molecule has 2 aromatic rings. The Morgan fingerprint density at radius 1 is 1.29 bits per heavy atom. The number of hydrogen-bond acceptors (Lipinski definition) is 3. The van der Waals surface area contributed by atoms with Crippen molar-refractivity contribution < 1.29 is 23.4 Å². The minimum absolute atomic E-state index is 0.0123. The standard InChI is InChI=1S/C14H14F2N2O3/c1-8(2)18-7-11(12(17-18)13(19)20)9-3-5-10(6-4-9)21-14(15)16/h3-8,14H,1-2H3,(H,19,20). The van der Waals surface area contributed by atoms with Gasteiger partial charge in [-0.3, -0.25) is 4.68 Å². The highest BCUT2D eigenvalue weighted by atomic mass is 19.3. The molecule has 21 heavy (non-hydrogen) atoms. The van der Waals surface area contributed by atoms with E-state index in [9.17, 15) is 18.7 Å². The van der Waals surface area contributed by atoms with Gasteiger partial charge in [0, 0.05) is 17.8 Å². The van der Waals surface area contributed by atoms with Gasteiger partial charge in [0.25, 0.3) is 0 Å². The summed E-state index contributed by atoms with van der Waals surface area (Å²) < 4.78 is 30.0. The fraction of sp³-hybridized carbons (Fsp3) is 0.286. The summed E-state index contributed by atoms with van der Waals surface area (Å²) in [6.45, 7) is 0.860. The van der Waals surface area contributed by atoms with Crippen LogP contribution in [0.2, 0.25) is 0 Å². The highest BCUT2D eigenvalue weighted by Crippen LogP contribution is 2.27. The normalized spacial score (nSPS) is 11.1. The Balaban J connectivity index is 2.38. The molecule has 5 nitrogen and oxygen atoms in total. The molecule has 0 spiro atoms. The van der Waals surface area contributed by atoms with Crippen LogP contribution in [0.25, 0.3) is 11.1 Å². The number of benzene rings is 1. The molecule has 7 heteroatoms. The summed E-state index contributed by atoms with van der Waals surface area (Å²) in [5.74, 6) is -1.13. The van der Waals surface area contributed by atoms with Crippen LogP contribution >= 0.6 is 0 Å². The SMILES string of the molecule is CC(C)n1cc(-c2ccc(OC(F)F)cc2)c(C(=O)O)n1. The fourth-order valence-electron chi connectivity index (χ4n) is 1.84. The first-order valence-corrected chi connectivity index (χ1v) is 6.26. The Hall–Kier alpha value is -2.44. The van der Waals surface area contributed by atoms with E-state index in [4.69, 9.17) is 0 Å². The number of ether oxygens (including phenoxy) is 1. The van der Waals surface area contributed by atoms with Gasteiger partial charge in [-0.2, -0.15) is 13.9 Å².